The van der Waals surface area contributed by atoms with Crippen molar-refractivity contribution in [1.29, 1.82) is 10.5 Å². The number of nitriles is 2. The number of benzene rings is 2. The van der Waals surface area contributed by atoms with Crippen LogP contribution in [0.4, 0.5) is 23.1 Å². The van der Waals surface area contributed by atoms with Crippen molar-refractivity contribution >= 4 is 29.2 Å². The number of hydrogen-bond acceptors (Lipinski definition) is 6. The van der Waals surface area contributed by atoms with Crippen molar-refractivity contribution in [3.05, 3.63) is 76.8 Å². The van der Waals surface area contributed by atoms with E-state index >= 15 is 0 Å². The molecule has 0 aliphatic rings. The van der Waals surface area contributed by atoms with Crippen LogP contribution in [0.2, 0.25) is 0 Å². The van der Waals surface area contributed by atoms with E-state index in [0.29, 0.717) is 0 Å². The lowest BCUT2D eigenvalue weighted by atomic mass is 10.0. The summed E-state index contributed by atoms with van der Waals surface area (Å²) in [6.07, 6.45) is 1.57. The van der Waals surface area contributed by atoms with Crippen LogP contribution in [0, 0.1) is 36.4 Å². The van der Waals surface area contributed by atoms with Crippen LogP contribution >= 0.6 is 0 Å². The number of nitrogens with one attached hydrogen (secondary N) is 2. The SMILES string of the molecule is [2H]c1nc(Nc2c([2H])c([2H])c(C#N)c([2H])c2[2H])nc(Nc2c(C([2H])([2H])[2H])cc(/C=C/C#N)cc2C([2H])([2H])[2H])c1[2H]. The third-order valence-electron chi connectivity index (χ3n) is 3.28. The summed E-state index contributed by atoms with van der Waals surface area (Å²) in [5.41, 5.74) is -2.18. The molecule has 6 nitrogen and oxygen atoms in total. The van der Waals surface area contributed by atoms with Crippen molar-refractivity contribution < 1.29 is 16.4 Å². The van der Waals surface area contributed by atoms with Gasteiger partial charge in [-0.2, -0.15) is 15.5 Å². The Morgan fingerprint density at radius 1 is 1.07 bits per heavy atom. The molecule has 136 valence electrons. The number of hydrogen-bond donors (Lipinski definition) is 2. The van der Waals surface area contributed by atoms with Crippen LogP contribution in [0.3, 0.4) is 0 Å². The molecule has 0 amide bonds. The number of allylic oxidation sites excluding steroid dienone is 1. The van der Waals surface area contributed by atoms with Gasteiger partial charge >= 0.3 is 0 Å². The fourth-order valence-electron chi connectivity index (χ4n) is 2.10. The maximum Gasteiger partial charge on any atom is 0.229 e. The molecule has 0 unspecified atom stereocenters. The molecular formula is C22H18N6. The second kappa shape index (κ2) is 8.48. The fraction of sp³-hybridized carbons (Fsp3) is 0.0909. The molecule has 1 heterocycles. The van der Waals surface area contributed by atoms with Crippen LogP contribution in [0.25, 0.3) is 6.08 Å². The van der Waals surface area contributed by atoms with Gasteiger partial charge in [0.2, 0.25) is 5.95 Å². The summed E-state index contributed by atoms with van der Waals surface area (Å²) in [5.74, 6) is -0.990. The second-order valence-electron chi connectivity index (χ2n) is 5.20. The van der Waals surface area contributed by atoms with Crippen molar-refractivity contribution in [2.45, 2.75) is 13.7 Å². The fourth-order valence-corrected chi connectivity index (χ4v) is 2.10. The van der Waals surface area contributed by atoms with E-state index < -0.39 is 89.9 Å². The van der Waals surface area contributed by atoms with Crippen LogP contribution in [0.1, 0.15) is 38.7 Å². The summed E-state index contributed by atoms with van der Waals surface area (Å²) in [7, 11) is 0. The van der Waals surface area contributed by atoms with Crippen molar-refractivity contribution in [2.75, 3.05) is 10.6 Å². The van der Waals surface area contributed by atoms with E-state index in [1.54, 1.807) is 12.1 Å². The van der Waals surface area contributed by atoms with E-state index in [-0.39, 0.29) is 5.56 Å². The Hall–Kier alpha value is -4.16. The van der Waals surface area contributed by atoms with Gasteiger partial charge in [-0.05, 0) is 78.8 Å². The van der Waals surface area contributed by atoms with E-state index in [0.717, 1.165) is 18.2 Å². The van der Waals surface area contributed by atoms with Gasteiger partial charge in [0.15, 0.2) is 0 Å². The molecule has 0 fully saturated rings. The van der Waals surface area contributed by atoms with Gasteiger partial charge in [-0.1, -0.05) is 0 Å². The van der Waals surface area contributed by atoms with E-state index in [2.05, 4.69) is 20.6 Å². The molecule has 1 aromatic heterocycles. The van der Waals surface area contributed by atoms with Gasteiger partial charge in [0.1, 0.15) is 5.82 Å². The van der Waals surface area contributed by atoms with Gasteiger partial charge < -0.3 is 10.6 Å². The average Bonchev–Trinajstić information content (AvgIpc) is 2.86. The molecule has 0 saturated carbocycles. The highest BCUT2D eigenvalue weighted by Gasteiger charge is 2.07. The smallest absolute Gasteiger partial charge is 0.229 e. The highest BCUT2D eigenvalue weighted by atomic mass is 15.1. The summed E-state index contributed by atoms with van der Waals surface area (Å²) in [6.45, 7) is -5.73. The minimum Gasteiger partial charge on any atom is -0.340 e. The molecular weight excluding hydrogens is 348 g/mol. The summed E-state index contributed by atoms with van der Waals surface area (Å²) >= 11 is 0. The van der Waals surface area contributed by atoms with Gasteiger partial charge in [0.25, 0.3) is 0 Å². The Morgan fingerprint density at radius 3 is 2.46 bits per heavy atom. The monoisotopic (exact) mass is 378 g/mol. The number of rotatable bonds is 5. The minimum absolute atomic E-state index is 0.117. The molecule has 0 atom stereocenters. The van der Waals surface area contributed by atoms with E-state index in [1.807, 2.05) is 0 Å². The van der Waals surface area contributed by atoms with Crippen LogP contribution in [0.15, 0.2) is 54.6 Å². The predicted octanol–water partition coefficient (Wildman–Crippen LogP) is 4.99. The zero-order valence-electron chi connectivity index (χ0n) is 26.1. The van der Waals surface area contributed by atoms with Crippen LogP contribution in [-0.4, -0.2) is 9.97 Å². The topological polar surface area (TPSA) is 97.4 Å². The minimum atomic E-state index is -2.86. The standard InChI is InChI=1S/C22H18N6/c1-15-12-18(4-3-10-23)13-16(2)21(15)27-20-9-11-25-22(28-20)26-19-7-5-17(14-24)6-8-19/h3-9,11-13H,1-2H3,(H2,25,26,27,28)/b4-3+/i1D3,2D3,5D,6D,7D,8D,9D,11D. The van der Waals surface area contributed by atoms with Crippen molar-refractivity contribution in [3.8, 4) is 12.1 Å². The molecule has 3 rings (SSSR count). The van der Waals surface area contributed by atoms with E-state index in [1.165, 1.54) is 6.08 Å². The van der Waals surface area contributed by atoms with Crippen LogP contribution in [-0.2, 0) is 0 Å². The molecule has 0 saturated heterocycles. The lowest BCUT2D eigenvalue weighted by Gasteiger charge is -2.14. The van der Waals surface area contributed by atoms with Crippen LogP contribution < -0.4 is 10.6 Å². The third-order valence-corrected chi connectivity index (χ3v) is 3.28. The predicted molar refractivity (Wildman–Crippen MR) is 110 cm³/mol. The number of aryl methyl sites for hydroxylation is 2. The average molecular weight is 379 g/mol. The first kappa shape index (κ1) is 8.69. The zero-order valence-corrected chi connectivity index (χ0v) is 14.1. The van der Waals surface area contributed by atoms with Crippen molar-refractivity contribution in [1.82, 2.24) is 9.97 Å². The second-order valence-corrected chi connectivity index (χ2v) is 5.20. The maximum atomic E-state index is 9.14. The van der Waals surface area contributed by atoms with Crippen molar-refractivity contribution in [3.63, 3.8) is 0 Å². The largest absolute Gasteiger partial charge is 0.340 e. The highest BCUT2D eigenvalue weighted by molar-refractivity contribution is 5.69. The van der Waals surface area contributed by atoms with Gasteiger partial charge in [0, 0.05) is 31.8 Å². The van der Waals surface area contributed by atoms with Gasteiger partial charge in [0.05, 0.1) is 25.9 Å². The summed E-state index contributed by atoms with van der Waals surface area (Å²) in [4.78, 5) is 7.75. The molecule has 3 aromatic rings. The summed E-state index contributed by atoms with van der Waals surface area (Å²) < 4.78 is 96.1. The Morgan fingerprint density at radius 2 is 1.82 bits per heavy atom. The molecule has 2 N–H and O–H groups in total. The van der Waals surface area contributed by atoms with E-state index in [4.69, 9.17) is 27.0 Å². The highest BCUT2D eigenvalue weighted by Crippen LogP contribution is 2.26. The summed E-state index contributed by atoms with van der Waals surface area (Å²) in [5, 5.41) is 22.9. The van der Waals surface area contributed by atoms with E-state index in [9.17, 15) is 0 Å². The molecule has 0 aliphatic carbocycles. The number of anilines is 4. The number of aromatic nitrogens is 2. The molecule has 0 aliphatic heterocycles. The third kappa shape index (κ3) is 4.51. The quantitative estimate of drug-likeness (QED) is 0.607. The first-order chi connectivity index (χ1) is 18.5. The molecule has 6 heteroatoms. The van der Waals surface area contributed by atoms with Crippen molar-refractivity contribution in [2.24, 2.45) is 0 Å². The lowest BCUT2D eigenvalue weighted by Crippen LogP contribution is -2.02. The molecule has 0 bridgehead atoms. The molecule has 28 heavy (non-hydrogen) atoms. The zero-order chi connectivity index (χ0) is 30.2. The Labute approximate surface area is 180 Å². The van der Waals surface area contributed by atoms with Gasteiger partial charge in [-0.3, -0.25) is 0 Å². The van der Waals surface area contributed by atoms with Gasteiger partial charge in [-0.15, -0.1) is 0 Å². The Balaban J connectivity index is 2.23. The lowest BCUT2D eigenvalue weighted by molar-refractivity contribution is 1.16. The normalized spacial score (nSPS) is 17.4. The number of nitrogens with zero attached hydrogens (tertiary/aromatic N) is 4. The molecule has 2 aromatic carbocycles. The summed E-state index contributed by atoms with van der Waals surface area (Å²) in [6, 6.07) is 2.43. The Kier molecular flexibility index (Phi) is 2.63. The van der Waals surface area contributed by atoms with Crippen LogP contribution in [0.5, 0.6) is 0 Å². The maximum absolute atomic E-state index is 9.14. The Bertz CT molecular complexity index is 1550. The molecule has 0 spiro atoms. The molecule has 0 radical (unpaired) electrons. The first-order valence-electron chi connectivity index (χ1n) is 13.7. The first-order valence-corrected chi connectivity index (χ1v) is 7.66. The van der Waals surface area contributed by atoms with Gasteiger partial charge in [-0.25, -0.2) is 4.98 Å².